The van der Waals surface area contributed by atoms with E-state index in [2.05, 4.69) is 161 Å². The van der Waals surface area contributed by atoms with Crippen molar-refractivity contribution in [2.45, 2.75) is 0 Å². The Morgan fingerprint density at radius 2 is 0.727 bits per heavy atom. The van der Waals surface area contributed by atoms with Crippen LogP contribution in [0.1, 0.15) is 0 Å². The Bertz CT molecular complexity index is 3610. The molecule has 3 aromatic heterocycles. The fourth-order valence-electron chi connectivity index (χ4n) is 9.15. The number of nitrogens with zero attached hydrogens (tertiary/aromatic N) is 3. The van der Waals surface area contributed by atoms with E-state index >= 15 is 4.79 Å². The van der Waals surface area contributed by atoms with Crippen LogP contribution in [-0.2, 0) is 0 Å². The first-order valence-electron chi connectivity index (χ1n) is 18.7. The van der Waals surface area contributed by atoms with E-state index in [4.69, 9.17) is 0 Å². The van der Waals surface area contributed by atoms with Gasteiger partial charge in [-0.3, -0.25) is 9.36 Å². The molecule has 55 heavy (non-hydrogen) atoms. The topological polar surface area (TPSA) is 31.9 Å². The normalized spacial score (nSPS) is 12.1. The van der Waals surface area contributed by atoms with E-state index < -0.39 is 0 Å². The lowest BCUT2D eigenvalue weighted by Gasteiger charge is -2.16. The van der Waals surface area contributed by atoms with Crippen molar-refractivity contribution in [2.24, 2.45) is 0 Å². The Hall–Kier alpha value is -7.43. The van der Waals surface area contributed by atoms with Gasteiger partial charge in [0.2, 0.25) is 0 Å². The van der Waals surface area contributed by atoms with Crippen molar-refractivity contribution in [3.63, 3.8) is 0 Å². The summed E-state index contributed by atoms with van der Waals surface area (Å²) in [5, 5.41) is 12.1. The molecule has 0 saturated heterocycles. The van der Waals surface area contributed by atoms with Crippen LogP contribution in [0, 0.1) is 0 Å². The third-order valence-corrected chi connectivity index (χ3v) is 11.6. The Balaban J connectivity index is 1.24. The molecule has 0 amide bonds. The molecule has 256 valence electrons. The standard InChI is InChI=1S/C51H31N3O/c55-51-45-30-48-42(38-19-10-12-22-47(38)53(48)36-26-25-33-24-23-32-13-7-8-18-37(32)40(33)27-36)28-41(45)44-29-43-39-20-9-11-21-46(39)52(34-14-3-1-4-15-34)49(43)31-50(44)54(51)35-16-5-2-6-17-35/h1-31H. The molecule has 0 radical (unpaired) electrons. The highest BCUT2D eigenvalue weighted by molar-refractivity contribution is 6.22. The van der Waals surface area contributed by atoms with Gasteiger partial charge in [-0.1, -0.05) is 115 Å². The van der Waals surface area contributed by atoms with Gasteiger partial charge in [0.05, 0.1) is 33.0 Å². The number of pyridine rings is 1. The zero-order valence-electron chi connectivity index (χ0n) is 29.6. The van der Waals surface area contributed by atoms with E-state index in [1.54, 1.807) is 0 Å². The summed E-state index contributed by atoms with van der Waals surface area (Å²) in [5.41, 5.74) is 8.12. The molecule has 0 aliphatic carbocycles. The molecule has 0 saturated carbocycles. The summed E-state index contributed by atoms with van der Waals surface area (Å²) in [6.07, 6.45) is 0. The molecule has 9 aromatic carbocycles. The molecule has 0 spiro atoms. The quantitative estimate of drug-likeness (QED) is 0.169. The lowest BCUT2D eigenvalue weighted by atomic mass is 10.00. The van der Waals surface area contributed by atoms with E-state index in [9.17, 15) is 0 Å². The van der Waals surface area contributed by atoms with Gasteiger partial charge in [-0.15, -0.1) is 0 Å². The SMILES string of the molecule is O=c1c2cc3c(cc2c2cc4c5ccccc5n(-c5ccccc5)c4cc2n1-c1ccccc1)c1ccccc1n3-c1ccc2ccc3ccccc3c2c1. The molecule has 12 rings (SSSR count). The summed E-state index contributed by atoms with van der Waals surface area (Å²) in [6.45, 7) is 0. The molecule has 3 heterocycles. The van der Waals surface area contributed by atoms with Crippen molar-refractivity contribution in [1.82, 2.24) is 13.7 Å². The lowest BCUT2D eigenvalue weighted by Crippen LogP contribution is -2.19. The molecule has 4 nitrogen and oxygen atoms in total. The van der Waals surface area contributed by atoms with Crippen molar-refractivity contribution < 1.29 is 0 Å². The van der Waals surface area contributed by atoms with Crippen LogP contribution in [0.15, 0.2) is 193 Å². The molecule has 0 aliphatic heterocycles. The van der Waals surface area contributed by atoms with Gasteiger partial charge in [-0.05, 0) is 99.7 Å². The predicted octanol–water partition coefficient (Wildman–Crippen LogP) is 12.6. The first-order chi connectivity index (χ1) is 27.2. The molecular formula is C51H31N3O. The summed E-state index contributed by atoms with van der Waals surface area (Å²) in [6, 6.07) is 66.4. The van der Waals surface area contributed by atoms with Crippen LogP contribution < -0.4 is 5.56 Å². The Morgan fingerprint density at radius 1 is 0.255 bits per heavy atom. The number of aromatic nitrogens is 3. The number of benzene rings is 9. The van der Waals surface area contributed by atoms with Gasteiger partial charge in [0.15, 0.2) is 0 Å². The van der Waals surface area contributed by atoms with Gasteiger partial charge >= 0.3 is 0 Å². The van der Waals surface area contributed by atoms with E-state index in [0.717, 1.165) is 71.6 Å². The molecular weight excluding hydrogens is 671 g/mol. The largest absolute Gasteiger partial charge is 0.309 e. The maximum atomic E-state index is 15.2. The van der Waals surface area contributed by atoms with Gasteiger partial charge in [0.1, 0.15) is 0 Å². The summed E-state index contributed by atoms with van der Waals surface area (Å²) < 4.78 is 6.56. The lowest BCUT2D eigenvalue weighted by molar-refractivity contribution is 1.06. The van der Waals surface area contributed by atoms with E-state index in [1.165, 1.54) is 26.9 Å². The monoisotopic (exact) mass is 701 g/mol. The smallest absolute Gasteiger partial charge is 0.263 e. The van der Waals surface area contributed by atoms with Crippen LogP contribution in [-0.4, -0.2) is 13.7 Å². The second-order valence-corrected chi connectivity index (χ2v) is 14.5. The number of fused-ring (bicyclic) bond motifs is 12. The first-order valence-corrected chi connectivity index (χ1v) is 18.7. The summed E-state index contributed by atoms with van der Waals surface area (Å²) >= 11 is 0. The number of para-hydroxylation sites is 4. The first kappa shape index (κ1) is 30.1. The van der Waals surface area contributed by atoms with E-state index in [1.807, 2.05) is 41.0 Å². The molecule has 0 aliphatic rings. The van der Waals surface area contributed by atoms with Crippen LogP contribution >= 0.6 is 0 Å². The highest BCUT2D eigenvalue weighted by Gasteiger charge is 2.21. The van der Waals surface area contributed by atoms with Gasteiger partial charge in [0.25, 0.3) is 5.56 Å². The minimum atomic E-state index is -0.0429. The van der Waals surface area contributed by atoms with Crippen molar-refractivity contribution in [2.75, 3.05) is 0 Å². The van der Waals surface area contributed by atoms with Crippen molar-refractivity contribution in [3.05, 3.63) is 198 Å². The molecule has 12 aromatic rings. The second-order valence-electron chi connectivity index (χ2n) is 14.5. The highest BCUT2D eigenvalue weighted by Crippen LogP contribution is 2.40. The van der Waals surface area contributed by atoms with Crippen LogP contribution in [0.5, 0.6) is 0 Å². The predicted molar refractivity (Wildman–Crippen MR) is 231 cm³/mol. The van der Waals surface area contributed by atoms with Crippen LogP contribution in [0.25, 0.3) is 104 Å². The number of rotatable bonds is 3. The molecule has 0 fully saturated rings. The fourth-order valence-corrected chi connectivity index (χ4v) is 9.15. The molecule has 0 atom stereocenters. The Kier molecular flexibility index (Phi) is 6.17. The van der Waals surface area contributed by atoms with Crippen molar-refractivity contribution in [3.8, 4) is 17.1 Å². The van der Waals surface area contributed by atoms with Crippen LogP contribution in [0.2, 0.25) is 0 Å². The Labute approximate surface area is 314 Å². The van der Waals surface area contributed by atoms with Crippen LogP contribution in [0.3, 0.4) is 0 Å². The third kappa shape index (κ3) is 4.25. The Morgan fingerprint density at radius 3 is 1.42 bits per heavy atom. The van der Waals surface area contributed by atoms with Gasteiger partial charge in [0, 0.05) is 44.0 Å². The maximum absolute atomic E-state index is 15.2. The summed E-state index contributed by atoms with van der Waals surface area (Å²) in [7, 11) is 0. The number of hydrogen-bond donors (Lipinski definition) is 0. The molecule has 0 unspecified atom stereocenters. The molecule has 4 heteroatoms. The minimum Gasteiger partial charge on any atom is -0.309 e. The van der Waals surface area contributed by atoms with E-state index in [-0.39, 0.29) is 5.56 Å². The average molecular weight is 702 g/mol. The summed E-state index contributed by atoms with van der Waals surface area (Å²) in [5.74, 6) is 0. The molecule has 0 N–H and O–H groups in total. The minimum absolute atomic E-state index is 0.0429. The highest BCUT2D eigenvalue weighted by atomic mass is 16.1. The summed E-state index contributed by atoms with van der Waals surface area (Å²) in [4.78, 5) is 15.2. The zero-order valence-corrected chi connectivity index (χ0v) is 29.6. The molecule has 0 bridgehead atoms. The number of hydrogen-bond acceptors (Lipinski definition) is 1. The fraction of sp³-hybridized carbons (Fsp3) is 0. The third-order valence-electron chi connectivity index (χ3n) is 11.6. The average Bonchev–Trinajstić information content (AvgIpc) is 3.75. The zero-order chi connectivity index (χ0) is 36.2. The van der Waals surface area contributed by atoms with Gasteiger partial charge in [-0.2, -0.15) is 0 Å². The van der Waals surface area contributed by atoms with E-state index in [0.29, 0.717) is 5.39 Å². The van der Waals surface area contributed by atoms with Crippen molar-refractivity contribution in [1.29, 1.82) is 0 Å². The van der Waals surface area contributed by atoms with Crippen molar-refractivity contribution >= 4 is 86.8 Å². The maximum Gasteiger partial charge on any atom is 0.263 e. The van der Waals surface area contributed by atoms with Gasteiger partial charge < -0.3 is 9.13 Å². The second kappa shape index (κ2) is 11.3. The van der Waals surface area contributed by atoms with Gasteiger partial charge in [-0.25, -0.2) is 0 Å². The van der Waals surface area contributed by atoms with Crippen LogP contribution in [0.4, 0.5) is 0 Å².